The molecule has 0 saturated heterocycles. The van der Waals surface area contributed by atoms with E-state index < -0.39 is 0 Å². The van der Waals surface area contributed by atoms with E-state index in [2.05, 4.69) is 17.6 Å². The normalized spacial score (nSPS) is 10.1. The van der Waals surface area contributed by atoms with Crippen LogP contribution in [-0.4, -0.2) is 11.7 Å². The van der Waals surface area contributed by atoms with Gasteiger partial charge in [0, 0.05) is 18.1 Å². The molecule has 0 bridgehead atoms. The van der Waals surface area contributed by atoms with Crippen molar-refractivity contribution >= 4 is 28.9 Å². The van der Waals surface area contributed by atoms with Crippen molar-refractivity contribution in [2.75, 3.05) is 6.54 Å². The van der Waals surface area contributed by atoms with Gasteiger partial charge in [0.15, 0.2) is 5.11 Å². The second-order valence-electron chi connectivity index (χ2n) is 4.30. The van der Waals surface area contributed by atoms with E-state index in [1.165, 1.54) is 31.2 Å². The Balaban J connectivity index is 2.11. The second-order valence-corrected chi connectivity index (χ2v) is 5.14. The van der Waals surface area contributed by atoms with Crippen LogP contribution in [-0.2, 0) is 6.54 Å². The Morgan fingerprint density at radius 3 is 2.50 bits per heavy atom. The van der Waals surface area contributed by atoms with Gasteiger partial charge in [0.05, 0.1) is 0 Å². The van der Waals surface area contributed by atoms with Gasteiger partial charge >= 0.3 is 0 Å². The zero-order valence-corrected chi connectivity index (χ0v) is 12.4. The van der Waals surface area contributed by atoms with Crippen molar-refractivity contribution in [2.45, 2.75) is 39.2 Å². The lowest BCUT2D eigenvalue weighted by Gasteiger charge is -2.10. The van der Waals surface area contributed by atoms with E-state index in [4.69, 9.17) is 23.8 Å². The van der Waals surface area contributed by atoms with Gasteiger partial charge in [0.2, 0.25) is 0 Å². The molecule has 0 saturated carbocycles. The highest BCUT2D eigenvalue weighted by molar-refractivity contribution is 7.80. The third-order valence-corrected chi connectivity index (χ3v) is 3.22. The average molecular weight is 285 g/mol. The van der Waals surface area contributed by atoms with Crippen molar-refractivity contribution in [3.05, 3.63) is 34.9 Å². The molecule has 0 fully saturated rings. The largest absolute Gasteiger partial charge is 0.363 e. The molecule has 0 aliphatic rings. The average Bonchev–Trinajstić information content (AvgIpc) is 2.38. The van der Waals surface area contributed by atoms with E-state index in [1.54, 1.807) is 0 Å². The number of nitrogens with one attached hydrogen (secondary N) is 2. The molecule has 18 heavy (non-hydrogen) atoms. The lowest BCUT2D eigenvalue weighted by atomic mass is 10.2. The van der Waals surface area contributed by atoms with Crippen molar-refractivity contribution in [1.82, 2.24) is 10.6 Å². The van der Waals surface area contributed by atoms with Gasteiger partial charge in [-0.1, -0.05) is 49.9 Å². The van der Waals surface area contributed by atoms with Gasteiger partial charge in [-0.25, -0.2) is 0 Å². The minimum atomic E-state index is 0.724. The lowest BCUT2D eigenvalue weighted by Crippen LogP contribution is -2.35. The fourth-order valence-corrected chi connectivity index (χ4v) is 1.90. The highest BCUT2D eigenvalue weighted by Gasteiger charge is 1.96. The predicted octanol–water partition coefficient (Wildman–Crippen LogP) is 3.88. The summed E-state index contributed by atoms with van der Waals surface area (Å²) in [6.07, 6.45) is 5.01. The van der Waals surface area contributed by atoms with E-state index in [0.29, 0.717) is 0 Å². The predicted molar refractivity (Wildman–Crippen MR) is 83.0 cm³/mol. The number of rotatable bonds is 7. The Morgan fingerprint density at radius 1 is 1.11 bits per heavy atom. The first-order valence-corrected chi connectivity index (χ1v) is 7.27. The molecule has 0 unspecified atom stereocenters. The molecule has 100 valence electrons. The molecule has 0 atom stereocenters. The maximum absolute atomic E-state index is 5.83. The number of halogens is 1. The minimum absolute atomic E-state index is 0.724. The van der Waals surface area contributed by atoms with Gasteiger partial charge in [0.1, 0.15) is 0 Å². The highest BCUT2D eigenvalue weighted by atomic mass is 35.5. The van der Waals surface area contributed by atoms with E-state index in [0.717, 1.165) is 23.2 Å². The topological polar surface area (TPSA) is 24.1 Å². The number of benzene rings is 1. The summed E-state index contributed by atoms with van der Waals surface area (Å²) in [5, 5.41) is 7.89. The smallest absolute Gasteiger partial charge is 0.166 e. The minimum Gasteiger partial charge on any atom is -0.363 e. The maximum Gasteiger partial charge on any atom is 0.166 e. The number of hydrogen-bond donors (Lipinski definition) is 2. The molecule has 0 radical (unpaired) electrons. The number of hydrogen-bond acceptors (Lipinski definition) is 1. The van der Waals surface area contributed by atoms with E-state index in [1.807, 2.05) is 24.3 Å². The first kappa shape index (κ1) is 15.3. The number of thiocarbonyl (C=S) groups is 1. The Morgan fingerprint density at radius 2 is 1.83 bits per heavy atom. The first-order chi connectivity index (χ1) is 8.72. The van der Waals surface area contributed by atoms with Gasteiger partial charge in [-0.15, -0.1) is 0 Å². The molecule has 0 aliphatic heterocycles. The molecule has 0 amide bonds. The molecule has 1 rings (SSSR count). The quantitative estimate of drug-likeness (QED) is 0.587. The maximum atomic E-state index is 5.83. The van der Waals surface area contributed by atoms with Gasteiger partial charge < -0.3 is 10.6 Å². The van der Waals surface area contributed by atoms with E-state index in [-0.39, 0.29) is 0 Å². The molecule has 0 heterocycles. The Labute approximate surface area is 120 Å². The van der Waals surface area contributed by atoms with Crippen LogP contribution in [0.1, 0.15) is 38.2 Å². The summed E-state index contributed by atoms with van der Waals surface area (Å²) in [6.45, 7) is 3.90. The molecule has 0 spiro atoms. The molecule has 2 N–H and O–H groups in total. The van der Waals surface area contributed by atoms with Crippen LogP contribution in [0, 0.1) is 0 Å². The van der Waals surface area contributed by atoms with E-state index >= 15 is 0 Å². The molecule has 1 aromatic carbocycles. The van der Waals surface area contributed by atoms with Crippen molar-refractivity contribution in [3.63, 3.8) is 0 Å². The van der Waals surface area contributed by atoms with Crippen LogP contribution in [0.4, 0.5) is 0 Å². The fraction of sp³-hybridized carbons (Fsp3) is 0.500. The number of unbranched alkanes of at least 4 members (excludes halogenated alkanes) is 3. The third-order valence-electron chi connectivity index (χ3n) is 2.68. The van der Waals surface area contributed by atoms with Crippen LogP contribution in [0.5, 0.6) is 0 Å². The van der Waals surface area contributed by atoms with Crippen LogP contribution >= 0.6 is 23.8 Å². The van der Waals surface area contributed by atoms with Gasteiger partial charge in [0.25, 0.3) is 0 Å². The molecule has 0 aromatic heterocycles. The van der Waals surface area contributed by atoms with Crippen LogP contribution in [0.2, 0.25) is 5.02 Å². The summed E-state index contributed by atoms with van der Waals surface area (Å²) in [6, 6.07) is 7.78. The molecular weight excluding hydrogens is 264 g/mol. The summed E-state index contributed by atoms with van der Waals surface area (Å²) in [5.74, 6) is 0. The second kappa shape index (κ2) is 9.17. The lowest BCUT2D eigenvalue weighted by molar-refractivity contribution is 0.650. The van der Waals surface area contributed by atoms with Crippen molar-refractivity contribution < 1.29 is 0 Å². The van der Waals surface area contributed by atoms with Crippen molar-refractivity contribution in [3.8, 4) is 0 Å². The first-order valence-electron chi connectivity index (χ1n) is 6.48. The zero-order chi connectivity index (χ0) is 13.2. The molecule has 2 nitrogen and oxygen atoms in total. The SMILES string of the molecule is CCCCCCNC(=S)NCc1ccc(Cl)cc1. The summed E-state index contributed by atoms with van der Waals surface area (Å²) in [4.78, 5) is 0. The van der Waals surface area contributed by atoms with Crippen molar-refractivity contribution in [2.24, 2.45) is 0 Å². The Bertz CT molecular complexity index is 351. The van der Waals surface area contributed by atoms with Crippen LogP contribution in [0.25, 0.3) is 0 Å². The van der Waals surface area contributed by atoms with Crippen molar-refractivity contribution in [1.29, 1.82) is 0 Å². The Kier molecular flexibility index (Phi) is 7.78. The molecular formula is C14H21ClN2S. The highest BCUT2D eigenvalue weighted by Crippen LogP contribution is 2.08. The summed E-state index contributed by atoms with van der Waals surface area (Å²) >= 11 is 11.0. The Hall–Kier alpha value is -0.800. The van der Waals surface area contributed by atoms with Crippen LogP contribution in [0.3, 0.4) is 0 Å². The van der Waals surface area contributed by atoms with Crippen LogP contribution in [0.15, 0.2) is 24.3 Å². The molecule has 4 heteroatoms. The third kappa shape index (κ3) is 6.82. The summed E-state index contributed by atoms with van der Waals surface area (Å²) in [5.41, 5.74) is 1.18. The summed E-state index contributed by atoms with van der Waals surface area (Å²) < 4.78 is 0. The van der Waals surface area contributed by atoms with Gasteiger partial charge in [-0.2, -0.15) is 0 Å². The monoisotopic (exact) mass is 284 g/mol. The summed E-state index contributed by atoms with van der Waals surface area (Å²) in [7, 11) is 0. The van der Waals surface area contributed by atoms with Gasteiger partial charge in [-0.05, 0) is 36.3 Å². The molecule has 0 aliphatic carbocycles. The van der Waals surface area contributed by atoms with Crippen LogP contribution < -0.4 is 10.6 Å². The van der Waals surface area contributed by atoms with Gasteiger partial charge in [-0.3, -0.25) is 0 Å². The standard InChI is InChI=1S/C14H21ClN2S/c1-2-3-4-5-10-16-14(18)17-11-12-6-8-13(15)9-7-12/h6-9H,2-5,10-11H2,1H3,(H2,16,17,18). The zero-order valence-electron chi connectivity index (χ0n) is 10.8. The van der Waals surface area contributed by atoms with E-state index in [9.17, 15) is 0 Å². The fourth-order valence-electron chi connectivity index (χ4n) is 1.60. The molecule has 1 aromatic rings.